The summed E-state index contributed by atoms with van der Waals surface area (Å²) in [6.07, 6.45) is 11.4. The van der Waals surface area contributed by atoms with Gasteiger partial charge in [-0.05, 0) is 60.8 Å². The van der Waals surface area contributed by atoms with Gasteiger partial charge in [0, 0.05) is 5.56 Å². The Kier molecular flexibility index (Phi) is 7.92. The molecule has 0 spiro atoms. The lowest BCUT2D eigenvalue weighted by atomic mass is 9.75. The highest BCUT2D eigenvalue weighted by Gasteiger charge is 2.26. The lowest BCUT2D eigenvalue weighted by Crippen LogP contribution is -2.15. The van der Waals surface area contributed by atoms with E-state index in [1.807, 2.05) is 30.3 Å². The second kappa shape index (κ2) is 10.8. The Morgan fingerprint density at radius 2 is 1.57 bits per heavy atom. The topological polar surface area (TPSA) is 56.8 Å². The van der Waals surface area contributed by atoms with Gasteiger partial charge < -0.3 is 4.74 Å². The van der Waals surface area contributed by atoms with Crippen LogP contribution in [-0.4, -0.2) is 7.11 Å². The summed E-state index contributed by atoms with van der Waals surface area (Å²) in [5, 5.41) is 19.8. The van der Waals surface area contributed by atoms with Crippen LogP contribution in [-0.2, 0) is 0 Å². The molecule has 1 saturated carbocycles. The van der Waals surface area contributed by atoms with E-state index in [2.05, 4.69) is 25.1 Å². The van der Waals surface area contributed by atoms with Crippen LogP contribution in [0.1, 0.15) is 87.3 Å². The van der Waals surface area contributed by atoms with Crippen LogP contribution in [0.5, 0.6) is 5.75 Å². The molecule has 0 radical (unpaired) electrons. The second-order valence-electron chi connectivity index (χ2n) is 8.47. The Labute approximate surface area is 181 Å². The first kappa shape index (κ1) is 21.9. The van der Waals surface area contributed by atoms with Gasteiger partial charge in [-0.3, -0.25) is 0 Å². The first-order valence-corrected chi connectivity index (χ1v) is 11.3. The van der Waals surface area contributed by atoms with Crippen molar-refractivity contribution < 1.29 is 4.74 Å². The molecule has 1 aliphatic carbocycles. The van der Waals surface area contributed by atoms with Crippen LogP contribution in [0.4, 0.5) is 0 Å². The quantitative estimate of drug-likeness (QED) is 0.435. The predicted molar refractivity (Wildman–Crippen MR) is 121 cm³/mol. The van der Waals surface area contributed by atoms with E-state index in [0.717, 1.165) is 41.2 Å². The zero-order valence-corrected chi connectivity index (χ0v) is 18.3. The van der Waals surface area contributed by atoms with Gasteiger partial charge in [0.1, 0.15) is 17.9 Å². The molecule has 30 heavy (non-hydrogen) atoms. The van der Waals surface area contributed by atoms with Crippen LogP contribution >= 0.6 is 0 Å². The number of ether oxygens (including phenoxy) is 1. The molecule has 3 heteroatoms. The van der Waals surface area contributed by atoms with Crippen molar-refractivity contribution in [2.24, 2.45) is 5.92 Å². The van der Waals surface area contributed by atoms with Crippen molar-refractivity contribution in [1.82, 2.24) is 0 Å². The lowest BCUT2D eigenvalue weighted by molar-refractivity contribution is 0.302. The molecule has 3 rings (SSSR count). The maximum atomic E-state index is 9.91. The minimum atomic E-state index is 0.392. The number of methoxy groups -OCH3 is 1. The van der Waals surface area contributed by atoms with Gasteiger partial charge >= 0.3 is 0 Å². The molecule has 3 nitrogen and oxygen atoms in total. The Bertz CT molecular complexity index is 910. The van der Waals surface area contributed by atoms with Crippen LogP contribution in [0.15, 0.2) is 36.4 Å². The van der Waals surface area contributed by atoms with Crippen molar-refractivity contribution >= 4 is 0 Å². The first-order chi connectivity index (χ1) is 14.7. The number of nitriles is 2. The summed E-state index contributed by atoms with van der Waals surface area (Å²) in [5.74, 6) is 2.00. The molecule has 0 atom stereocenters. The van der Waals surface area contributed by atoms with Crippen LogP contribution in [0.2, 0.25) is 0 Å². The monoisotopic (exact) mass is 400 g/mol. The van der Waals surface area contributed by atoms with Crippen LogP contribution < -0.4 is 4.74 Å². The van der Waals surface area contributed by atoms with Gasteiger partial charge in [-0.1, -0.05) is 63.3 Å². The van der Waals surface area contributed by atoms with Crippen LogP contribution in [0.25, 0.3) is 11.1 Å². The molecular weight excluding hydrogens is 368 g/mol. The number of unbranched alkanes of at least 4 members (excludes halogenated alkanes) is 3. The van der Waals surface area contributed by atoms with Gasteiger partial charge in [0.25, 0.3) is 0 Å². The SMILES string of the molecule is CCCCCC[C@H]1CC[C@H](c2ccc(-c3ccc(OC)cc3)c(C#N)c2C#N)CC1. The molecular formula is C27H32N2O. The van der Waals surface area contributed by atoms with Crippen LogP contribution in [0, 0.1) is 28.6 Å². The first-order valence-electron chi connectivity index (χ1n) is 11.3. The molecule has 0 saturated heterocycles. The average molecular weight is 401 g/mol. The smallest absolute Gasteiger partial charge is 0.118 e. The molecule has 2 aromatic rings. The summed E-state index contributed by atoms with van der Waals surface area (Å²) < 4.78 is 5.23. The van der Waals surface area contributed by atoms with Crippen molar-refractivity contribution in [3.05, 3.63) is 53.1 Å². The van der Waals surface area contributed by atoms with E-state index < -0.39 is 0 Å². The summed E-state index contributed by atoms with van der Waals surface area (Å²) in [6, 6.07) is 16.4. The minimum absolute atomic E-state index is 0.392. The van der Waals surface area contributed by atoms with Gasteiger partial charge in [-0.15, -0.1) is 0 Å². The van der Waals surface area contributed by atoms with E-state index in [-0.39, 0.29) is 0 Å². The molecule has 0 bridgehead atoms. The van der Waals surface area contributed by atoms with Gasteiger partial charge in [-0.2, -0.15) is 10.5 Å². The minimum Gasteiger partial charge on any atom is -0.497 e. The van der Waals surface area contributed by atoms with E-state index in [0.29, 0.717) is 17.0 Å². The zero-order valence-electron chi connectivity index (χ0n) is 18.3. The fraction of sp³-hybridized carbons (Fsp3) is 0.481. The van der Waals surface area contributed by atoms with Crippen molar-refractivity contribution in [2.45, 2.75) is 70.6 Å². The molecule has 0 unspecified atom stereocenters. The average Bonchev–Trinajstić information content (AvgIpc) is 2.81. The van der Waals surface area contributed by atoms with Gasteiger partial charge in [0.15, 0.2) is 0 Å². The molecule has 0 aliphatic heterocycles. The highest BCUT2D eigenvalue weighted by molar-refractivity contribution is 5.75. The maximum absolute atomic E-state index is 9.91. The van der Waals surface area contributed by atoms with Gasteiger partial charge in [0.2, 0.25) is 0 Å². The van der Waals surface area contributed by atoms with E-state index >= 15 is 0 Å². The van der Waals surface area contributed by atoms with E-state index in [4.69, 9.17) is 4.74 Å². The van der Waals surface area contributed by atoms with E-state index in [1.165, 1.54) is 44.9 Å². The third kappa shape index (κ3) is 5.03. The molecule has 1 fully saturated rings. The van der Waals surface area contributed by atoms with Gasteiger partial charge in [0.05, 0.1) is 18.2 Å². The summed E-state index contributed by atoms with van der Waals surface area (Å²) in [4.78, 5) is 0. The second-order valence-corrected chi connectivity index (χ2v) is 8.47. The fourth-order valence-corrected chi connectivity index (χ4v) is 4.83. The number of hydrogen-bond donors (Lipinski definition) is 0. The summed E-state index contributed by atoms with van der Waals surface area (Å²) in [6.45, 7) is 2.26. The summed E-state index contributed by atoms with van der Waals surface area (Å²) in [7, 11) is 1.64. The normalized spacial score (nSPS) is 18.4. The zero-order chi connectivity index (χ0) is 21.3. The van der Waals surface area contributed by atoms with E-state index in [1.54, 1.807) is 7.11 Å². The molecule has 2 aromatic carbocycles. The molecule has 0 N–H and O–H groups in total. The van der Waals surface area contributed by atoms with Gasteiger partial charge in [-0.25, -0.2) is 0 Å². The standard InChI is InChI=1S/C27H32N2O/c1-3-4-5-6-7-20-8-10-21(11-9-20)24-16-17-25(27(19-29)26(24)18-28)22-12-14-23(30-2)15-13-22/h12-17,20-21H,3-11H2,1-2H3/t20-,21-. The highest BCUT2D eigenvalue weighted by atomic mass is 16.5. The molecule has 156 valence electrons. The summed E-state index contributed by atoms with van der Waals surface area (Å²) >= 11 is 0. The highest BCUT2D eigenvalue weighted by Crippen LogP contribution is 2.41. The predicted octanol–water partition coefficient (Wildman–Crippen LogP) is 7.35. The number of rotatable bonds is 8. The third-order valence-corrected chi connectivity index (χ3v) is 6.61. The Morgan fingerprint density at radius 3 is 2.17 bits per heavy atom. The van der Waals surface area contributed by atoms with Crippen molar-refractivity contribution in [3.8, 4) is 29.0 Å². The maximum Gasteiger partial charge on any atom is 0.118 e. The number of hydrogen-bond acceptors (Lipinski definition) is 3. The van der Waals surface area contributed by atoms with Crippen molar-refractivity contribution in [3.63, 3.8) is 0 Å². The molecule has 1 aliphatic rings. The third-order valence-electron chi connectivity index (χ3n) is 6.61. The van der Waals surface area contributed by atoms with Crippen LogP contribution in [0.3, 0.4) is 0 Å². The summed E-state index contributed by atoms with van der Waals surface area (Å²) in [5.41, 5.74) is 3.89. The fourth-order valence-electron chi connectivity index (χ4n) is 4.83. The number of benzene rings is 2. The Morgan fingerprint density at radius 1 is 0.867 bits per heavy atom. The van der Waals surface area contributed by atoms with Crippen molar-refractivity contribution in [2.75, 3.05) is 7.11 Å². The largest absolute Gasteiger partial charge is 0.497 e. The number of nitrogens with zero attached hydrogens (tertiary/aromatic N) is 2. The lowest BCUT2D eigenvalue weighted by Gasteiger charge is -2.29. The molecule has 0 amide bonds. The molecule has 0 aromatic heterocycles. The molecule has 0 heterocycles. The Hall–Kier alpha value is -2.78. The van der Waals surface area contributed by atoms with Crippen molar-refractivity contribution in [1.29, 1.82) is 10.5 Å². The van der Waals surface area contributed by atoms with E-state index in [9.17, 15) is 10.5 Å². The Balaban J connectivity index is 1.77.